The van der Waals surface area contributed by atoms with E-state index < -0.39 is 29.1 Å². The Morgan fingerprint density at radius 1 is 0.725 bits per heavy atom. The summed E-state index contributed by atoms with van der Waals surface area (Å²) in [6.45, 7) is 25.2. The summed E-state index contributed by atoms with van der Waals surface area (Å²) in [5, 5.41) is 2.23. The first-order chi connectivity index (χ1) is 18.9. The molecule has 0 aromatic heterocycles. The summed E-state index contributed by atoms with van der Waals surface area (Å²) in [5.41, 5.74) is 0. The van der Waals surface area contributed by atoms with Crippen molar-refractivity contribution in [2.24, 2.45) is 0 Å². The molecule has 0 aliphatic carbocycles. The summed E-state index contributed by atoms with van der Waals surface area (Å²) >= 11 is 0. The zero-order valence-corrected chi connectivity index (χ0v) is 28.8. The van der Waals surface area contributed by atoms with Crippen LogP contribution in [-0.2, 0) is 22.4 Å². The van der Waals surface area contributed by atoms with Crippen LogP contribution in [0.4, 0.5) is 0 Å². The van der Waals surface area contributed by atoms with Crippen molar-refractivity contribution in [1.82, 2.24) is 0 Å². The molecule has 1 fully saturated rings. The molecule has 2 aromatic carbocycles. The van der Waals surface area contributed by atoms with E-state index in [0.29, 0.717) is 18.5 Å². The molecule has 5 nitrogen and oxygen atoms in total. The van der Waals surface area contributed by atoms with Crippen molar-refractivity contribution in [1.29, 1.82) is 0 Å². The van der Waals surface area contributed by atoms with E-state index in [0.717, 1.165) is 10.4 Å². The molecule has 0 saturated carbocycles. The first kappa shape index (κ1) is 32.9. The summed E-state index contributed by atoms with van der Waals surface area (Å²) < 4.78 is 36.8. The third-order valence-electron chi connectivity index (χ3n) is 6.96. The van der Waals surface area contributed by atoms with Crippen molar-refractivity contribution in [3.8, 4) is 0 Å². The average molecular weight is 599 g/mol. The second kappa shape index (κ2) is 13.6. The molecule has 0 amide bonds. The Hall–Kier alpha value is -1.63. The lowest BCUT2D eigenvalue weighted by Crippen LogP contribution is -2.95. The third kappa shape index (κ3) is 6.39. The molecule has 1 aliphatic heterocycles. The van der Waals surface area contributed by atoms with Gasteiger partial charge in [0.05, 0.1) is 6.10 Å². The Morgan fingerprint density at radius 3 is 1.57 bits per heavy atom. The highest BCUT2D eigenvalue weighted by atomic mass is 29.7. The Kier molecular flexibility index (Phi) is 11.1. The normalized spacial score (nSPS) is 24.1. The van der Waals surface area contributed by atoms with Crippen LogP contribution in [0.15, 0.2) is 86.0 Å². The molecule has 0 bridgehead atoms. The van der Waals surface area contributed by atoms with Gasteiger partial charge in [0.25, 0.3) is 7.83 Å². The number of hydrogen-bond donors (Lipinski definition) is 0. The molecule has 1 heterocycles. The molecule has 2 aromatic rings. The van der Waals surface area contributed by atoms with Crippen molar-refractivity contribution < 1.29 is 22.4 Å². The van der Waals surface area contributed by atoms with Gasteiger partial charge in [0.15, 0.2) is 5.79 Å². The van der Waals surface area contributed by atoms with Gasteiger partial charge in [0.1, 0.15) is 0 Å². The van der Waals surface area contributed by atoms with E-state index in [2.05, 4.69) is 129 Å². The largest absolute Gasteiger partial charge is 0.411 e. The lowest BCUT2D eigenvalue weighted by Gasteiger charge is -2.62. The zero-order valence-electron chi connectivity index (χ0n) is 25.8. The fraction of sp³-hybridized carbons (Fsp3) is 0.500. The predicted molar refractivity (Wildman–Crippen MR) is 173 cm³/mol. The van der Waals surface area contributed by atoms with Gasteiger partial charge in [0, 0.05) is 30.8 Å². The van der Waals surface area contributed by atoms with Crippen LogP contribution in [0, 0.1) is 0 Å². The van der Waals surface area contributed by atoms with Crippen LogP contribution < -0.4 is 10.4 Å². The fourth-order valence-electron chi connectivity index (χ4n) is 6.27. The molecule has 1 aliphatic rings. The van der Waals surface area contributed by atoms with Crippen molar-refractivity contribution >= 4 is 33.6 Å². The van der Waals surface area contributed by atoms with Crippen molar-refractivity contribution in [3.05, 3.63) is 86.0 Å². The van der Waals surface area contributed by atoms with Gasteiger partial charge in [-0.15, -0.1) is 13.2 Å². The van der Waals surface area contributed by atoms with Crippen LogP contribution >= 0.6 is 0 Å². The van der Waals surface area contributed by atoms with Gasteiger partial charge < -0.3 is 22.4 Å². The van der Waals surface area contributed by atoms with E-state index in [1.54, 1.807) is 0 Å². The number of rotatable bonds is 14. The maximum Gasteiger partial charge on any atom is 0.373 e. The van der Waals surface area contributed by atoms with Crippen LogP contribution in [0.2, 0.25) is 12.1 Å². The first-order valence-corrected chi connectivity index (χ1v) is 22.7. The number of hydrogen-bond acceptors (Lipinski definition) is 5. The molecular formula is C32H50O5Si3. The van der Waals surface area contributed by atoms with E-state index in [4.69, 9.17) is 22.4 Å². The lowest BCUT2D eigenvalue weighted by molar-refractivity contribution is -0.197. The van der Waals surface area contributed by atoms with Crippen LogP contribution in [0.25, 0.3) is 0 Å². The zero-order chi connectivity index (χ0) is 29.6. The third-order valence-corrected chi connectivity index (χ3v) is 35.2. The summed E-state index contributed by atoms with van der Waals surface area (Å²) in [7, 11) is -9.91. The number of benzene rings is 2. The van der Waals surface area contributed by atoms with Gasteiger partial charge in [-0.05, 0) is 71.8 Å². The number of allylic oxidation sites excluding steroid dienone is 1. The van der Waals surface area contributed by atoms with Crippen molar-refractivity contribution in [3.63, 3.8) is 0 Å². The van der Waals surface area contributed by atoms with Gasteiger partial charge in [0.2, 0.25) is 0 Å². The summed E-state index contributed by atoms with van der Waals surface area (Å²) in [4.78, 5) is 0. The predicted octanol–water partition coefficient (Wildman–Crippen LogP) is 6.48. The second-order valence-electron chi connectivity index (χ2n) is 11.9. The Labute approximate surface area is 245 Å². The molecule has 2 atom stereocenters. The van der Waals surface area contributed by atoms with Crippen molar-refractivity contribution in [2.75, 3.05) is 0 Å². The van der Waals surface area contributed by atoms with E-state index >= 15 is 0 Å². The minimum atomic E-state index is -3.45. The Balaban J connectivity index is 2.65. The molecule has 40 heavy (non-hydrogen) atoms. The minimum Gasteiger partial charge on any atom is -0.411 e. The Morgan fingerprint density at radius 2 is 1.20 bits per heavy atom. The smallest absolute Gasteiger partial charge is 0.373 e. The molecule has 3 rings (SSSR count). The highest BCUT2D eigenvalue weighted by Gasteiger charge is 2.82. The van der Waals surface area contributed by atoms with Gasteiger partial charge in [-0.2, -0.15) is 0 Å². The Bertz CT molecular complexity index is 1040. The monoisotopic (exact) mass is 598 g/mol. The molecule has 1 saturated heterocycles. The molecular weight excluding hydrogens is 549 g/mol. The first-order valence-electron chi connectivity index (χ1n) is 14.7. The van der Waals surface area contributed by atoms with Crippen LogP contribution in [0.5, 0.6) is 0 Å². The molecule has 0 spiro atoms. The maximum atomic E-state index is 7.76. The highest BCUT2D eigenvalue weighted by Crippen LogP contribution is 2.51. The summed E-state index contributed by atoms with van der Waals surface area (Å²) in [6.07, 6.45) is 4.15. The van der Waals surface area contributed by atoms with E-state index in [1.165, 1.54) is 0 Å². The lowest BCUT2D eigenvalue weighted by atomic mass is 10.2. The van der Waals surface area contributed by atoms with Gasteiger partial charge in [-0.25, -0.2) is 0 Å². The topological polar surface area (TPSA) is 46.2 Å². The summed E-state index contributed by atoms with van der Waals surface area (Å²) in [6, 6.07) is 22.5. The van der Waals surface area contributed by atoms with Crippen LogP contribution in [0.3, 0.4) is 0 Å². The van der Waals surface area contributed by atoms with Crippen LogP contribution in [-0.4, -0.2) is 53.5 Å². The molecule has 8 heteroatoms. The minimum absolute atomic E-state index is 0.0400. The fourth-order valence-corrected chi connectivity index (χ4v) is 42.5. The van der Waals surface area contributed by atoms with Crippen molar-refractivity contribution in [2.45, 2.75) is 104 Å². The van der Waals surface area contributed by atoms with E-state index in [9.17, 15) is 0 Å². The molecule has 0 N–H and O–H groups in total. The van der Waals surface area contributed by atoms with E-state index in [-0.39, 0.29) is 24.4 Å². The standard InChI is InChI=1S/C32H50O5Si3/c1-11-23-32(33-26(3)4)25-38(24-12-2,34-27(5)6)40(35-28(7)8,36-29(9)10)39(37-32,30-19-15-13-16-20-30)31-21-17-14-18-22-31/h11-22,26-29H,1-2,23-25H2,3-10H3. The SMILES string of the molecule is C=CCC1(OC(C)C)C[Si](CC=C)(OC(C)C)[Si](OC(C)C)(OC(C)C)[Si](c2ccccc2)(c2ccccc2)O1. The summed E-state index contributed by atoms with van der Waals surface area (Å²) in [5.74, 6) is -0.949. The number of ether oxygens (including phenoxy) is 1. The quantitative estimate of drug-likeness (QED) is 0.184. The molecule has 2 unspecified atom stereocenters. The molecule has 220 valence electrons. The average Bonchev–Trinajstić information content (AvgIpc) is 2.86. The molecule has 0 radical (unpaired) electrons. The maximum absolute atomic E-state index is 7.76. The second-order valence-corrected chi connectivity index (χ2v) is 29.6. The van der Waals surface area contributed by atoms with Gasteiger partial charge in [-0.3, -0.25) is 0 Å². The van der Waals surface area contributed by atoms with Crippen LogP contribution in [0.1, 0.15) is 61.8 Å². The van der Waals surface area contributed by atoms with Gasteiger partial charge >= 0.3 is 15.4 Å². The highest BCUT2D eigenvalue weighted by molar-refractivity contribution is 7.68. The van der Waals surface area contributed by atoms with Gasteiger partial charge in [-0.1, -0.05) is 72.8 Å². The van der Waals surface area contributed by atoms with E-state index in [1.807, 2.05) is 12.2 Å².